The standard InChI is InChI=1S/C11H14N4O/c1-15-7-13-11(14-15)10(12)8-4-3-5-9(6-8)16-2/h3-7,10H,12H2,1-2H3. The van der Waals surface area contributed by atoms with Crippen LogP contribution in [0.1, 0.15) is 17.4 Å². The Kier molecular flexibility index (Phi) is 2.87. The average molecular weight is 218 g/mol. The van der Waals surface area contributed by atoms with Gasteiger partial charge in [-0.05, 0) is 17.7 Å². The lowest BCUT2D eigenvalue weighted by atomic mass is 10.1. The molecule has 0 amide bonds. The number of hydrogen-bond donors (Lipinski definition) is 1. The summed E-state index contributed by atoms with van der Waals surface area (Å²) < 4.78 is 6.78. The summed E-state index contributed by atoms with van der Waals surface area (Å²) in [4.78, 5) is 4.13. The zero-order valence-corrected chi connectivity index (χ0v) is 9.29. The van der Waals surface area contributed by atoms with E-state index >= 15 is 0 Å². The molecule has 0 radical (unpaired) electrons. The lowest BCUT2D eigenvalue weighted by molar-refractivity contribution is 0.414. The SMILES string of the molecule is COc1cccc(C(N)c2ncn(C)n2)c1. The molecule has 0 aliphatic carbocycles. The lowest BCUT2D eigenvalue weighted by Crippen LogP contribution is -2.14. The number of rotatable bonds is 3. The molecule has 2 rings (SSSR count). The van der Waals surface area contributed by atoms with Crippen molar-refractivity contribution in [1.82, 2.24) is 14.8 Å². The quantitative estimate of drug-likeness (QED) is 0.830. The first-order chi connectivity index (χ1) is 7.70. The summed E-state index contributed by atoms with van der Waals surface area (Å²) in [7, 11) is 3.44. The van der Waals surface area contributed by atoms with Gasteiger partial charge in [0.2, 0.25) is 0 Å². The van der Waals surface area contributed by atoms with E-state index in [9.17, 15) is 0 Å². The monoisotopic (exact) mass is 218 g/mol. The molecule has 5 nitrogen and oxygen atoms in total. The van der Waals surface area contributed by atoms with Crippen LogP contribution < -0.4 is 10.5 Å². The molecule has 0 fully saturated rings. The van der Waals surface area contributed by atoms with Crippen LogP contribution in [-0.4, -0.2) is 21.9 Å². The minimum absolute atomic E-state index is 0.323. The number of aryl methyl sites for hydroxylation is 1. The maximum atomic E-state index is 6.06. The van der Waals surface area contributed by atoms with E-state index in [2.05, 4.69) is 10.1 Å². The van der Waals surface area contributed by atoms with Crippen molar-refractivity contribution < 1.29 is 4.74 Å². The van der Waals surface area contributed by atoms with Gasteiger partial charge < -0.3 is 10.5 Å². The predicted octanol–water partition coefficient (Wildman–Crippen LogP) is 0.872. The van der Waals surface area contributed by atoms with Gasteiger partial charge in [0.15, 0.2) is 5.82 Å². The van der Waals surface area contributed by atoms with E-state index in [-0.39, 0.29) is 6.04 Å². The Morgan fingerprint density at radius 3 is 2.88 bits per heavy atom. The van der Waals surface area contributed by atoms with Crippen molar-refractivity contribution >= 4 is 0 Å². The zero-order chi connectivity index (χ0) is 11.5. The fourth-order valence-corrected chi connectivity index (χ4v) is 1.48. The summed E-state index contributed by atoms with van der Waals surface area (Å²) in [5.41, 5.74) is 7.00. The first kappa shape index (κ1) is 10.6. The summed E-state index contributed by atoms with van der Waals surface area (Å²) in [6, 6.07) is 7.28. The van der Waals surface area contributed by atoms with Gasteiger partial charge >= 0.3 is 0 Å². The van der Waals surface area contributed by atoms with Gasteiger partial charge in [0.25, 0.3) is 0 Å². The van der Waals surface area contributed by atoms with E-state index in [1.807, 2.05) is 31.3 Å². The van der Waals surface area contributed by atoms with Crippen LogP contribution in [0.15, 0.2) is 30.6 Å². The number of nitrogens with zero attached hydrogens (tertiary/aromatic N) is 3. The van der Waals surface area contributed by atoms with E-state index in [0.29, 0.717) is 5.82 Å². The summed E-state index contributed by atoms with van der Waals surface area (Å²) in [5.74, 6) is 1.39. The summed E-state index contributed by atoms with van der Waals surface area (Å²) in [6.45, 7) is 0. The molecule has 2 N–H and O–H groups in total. The Bertz CT molecular complexity index is 480. The first-order valence-corrected chi connectivity index (χ1v) is 4.96. The Morgan fingerprint density at radius 2 is 2.25 bits per heavy atom. The lowest BCUT2D eigenvalue weighted by Gasteiger charge is -2.09. The van der Waals surface area contributed by atoms with E-state index in [1.165, 1.54) is 0 Å². The predicted molar refractivity (Wildman–Crippen MR) is 60.0 cm³/mol. The number of hydrogen-bond acceptors (Lipinski definition) is 4. The minimum atomic E-state index is -0.323. The topological polar surface area (TPSA) is 66.0 Å². The number of aromatic nitrogens is 3. The number of benzene rings is 1. The molecule has 2 aromatic rings. The highest BCUT2D eigenvalue weighted by Gasteiger charge is 2.13. The van der Waals surface area contributed by atoms with Crippen LogP contribution in [0, 0.1) is 0 Å². The van der Waals surface area contributed by atoms with Crippen molar-refractivity contribution in [3.8, 4) is 5.75 Å². The molecule has 84 valence electrons. The fraction of sp³-hybridized carbons (Fsp3) is 0.273. The van der Waals surface area contributed by atoms with E-state index in [0.717, 1.165) is 11.3 Å². The van der Waals surface area contributed by atoms with Crippen LogP contribution in [0.3, 0.4) is 0 Å². The summed E-state index contributed by atoms with van der Waals surface area (Å²) in [6.07, 6.45) is 1.63. The van der Waals surface area contributed by atoms with E-state index in [4.69, 9.17) is 10.5 Å². The van der Waals surface area contributed by atoms with Crippen LogP contribution in [0.5, 0.6) is 5.75 Å². The molecular formula is C11H14N4O. The van der Waals surface area contributed by atoms with Gasteiger partial charge in [-0.1, -0.05) is 12.1 Å². The van der Waals surface area contributed by atoms with E-state index < -0.39 is 0 Å². The molecule has 5 heteroatoms. The van der Waals surface area contributed by atoms with Gasteiger partial charge in [-0.2, -0.15) is 5.10 Å². The smallest absolute Gasteiger partial charge is 0.171 e. The summed E-state index contributed by atoms with van der Waals surface area (Å²) >= 11 is 0. The molecule has 1 heterocycles. The molecule has 16 heavy (non-hydrogen) atoms. The van der Waals surface area contributed by atoms with Gasteiger partial charge in [-0.15, -0.1) is 0 Å². The number of nitrogens with two attached hydrogens (primary N) is 1. The maximum absolute atomic E-state index is 6.06. The molecule has 0 spiro atoms. The molecule has 1 atom stereocenters. The Morgan fingerprint density at radius 1 is 1.44 bits per heavy atom. The van der Waals surface area contributed by atoms with E-state index in [1.54, 1.807) is 18.1 Å². The fourth-order valence-electron chi connectivity index (χ4n) is 1.48. The summed E-state index contributed by atoms with van der Waals surface area (Å²) in [5, 5.41) is 4.18. The molecule has 1 aromatic heterocycles. The molecule has 0 saturated carbocycles. The van der Waals surface area contributed by atoms with Crippen molar-refractivity contribution in [2.24, 2.45) is 12.8 Å². The highest BCUT2D eigenvalue weighted by Crippen LogP contribution is 2.20. The molecular weight excluding hydrogens is 204 g/mol. The normalized spacial score (nSPS) is 12.4. The zero-order valence-electron chi connectivity index (χ0n) is 9.29. The van der Waals surface area contributed by atoms with Gasteiger partial charge in [0.1, 0.15) is 12.1 Å². The molecule has 0 aliphatic rings. The second-order valence-corrected chi connectivity index (χ2v) is 3.53. The molecule has 0 bridgehead atoms. The highest BCUT2D eigenvalue weighted by atomic mass is 16.5. The highest BCUT2D eigenvalue weighted by molar-refractivity contribution is 5.32. The first-order valence-electron chi connectivity index (χ1n) is 4.96. The molecule has 0 saturated heterocycles. The third kappa shape index (κ3) is 2.04. The third-order valence-corrected chi connectivity index (χ3v) is 2.35. The van der Waals surface area contributed by atoms with Crippen LogP contribution in [-0.2, 0) is 7.05 Å². The average Bonchev–Trinajstić information content (AvgIpc) is 2.75. The minimum Gasteiger partial charge on any atom is -0.497 e. The second kappa shape index (κ2) is 4.32. The van der Waals surface area contributed by atoms with Gasteiger partial charge in [0.05, 0.1) is 13.2 Å². The van der Waals surface area contributed by atoms with Crippen LogP contribution in [0.2, 0.25) is 0 Å². The van der Waals surface area contributed by atoms with Crippen molar-refractivity contribution in [2.45, 2.75) is 6.04 Å². The number of ether oxygens (including phenoxy) is 1. The van der Waals surface area contributed by atoms with Crippen molar-refractivity contribution in [3.63, 3.8) is 0 Å². The Labute approximate surface area is 93.9 Å². The third-order valence-electron chi connectivity index (χ3n) is 2.35. The van der Waals surface area contributed by atoms with Gasteiger partial charge in [-0.3, -0.25) is 4.68 Å². The van der Waals surface area contributed by atoms with Crippen LogP contribution in [0.4, 0.5) is 0 Å². The van der Waals surface area contributed by atoms with Crippen LogP contribution >= 0.6 is 0 Å². The Balaban J connectivity index is 2.29. The maximum Gasteiger partial charge on any atom is 0.171 e. The Hall–Kier alpha value is -1.88. The van der Waals surface area contributed by atoms with Crippen molar-refractivity contribution in [3.05, 3.63) is 42.0 Å². The molecule has 0 aliphatic heterocycles. The van der Waals surface area contributed by atoms with Crippen molar-refractivity contribution in [1.29, 1.82) is 0 Å². The van der Waals surface area contributed by atoms with Gasteiger partial charge in [0, 0.05) is 7.05 Å². The molecule has 1 aromatic carbocycles. The van der Waals surface area contributed by atoms with Crippen molar-refractivity contribution in [2.75, 3.05) is 7.11 Å². The van der Waals surface area contributed by atoms with Gasteiger partial charge in [-0.25, -0.2) is 4.98 Å². The number of methoxy groups -OCH3 is 1. The largest absolute Gasteiger partial charge is 0.497 e. The second-order valence-electron chi connectivity index (χ2n) is 3.53. The molecule has 1 unspecified atom stereocenters. The van der Waals surface area contributed by atoms with Crippen LogP contribution in [0.25, 0.3) is 0 Å².